The smallest absolute Gasteiger partial charge is 0.164 e. The highest BCUT2D eigenvalue weighted by Crippen LogP contribution is 2.37. The highest BCUT2D eigenvalue weighted by Gasteiger charge is 2.17. The third-order valence-corrected chi connectivity index (χ3v) is 10.5. The Labute approximate surface area is 322 Å². The third-order valence-electron chi connectivity index (χ3n) is 10.5. The van der Waals surface area contributed by atoms with Gasteiger partial charge in [0.1, 0.15) is 22.3 Å². The molecule has 262 valence electrons. The molecule has 0 unspecified atom stereocenters. The van der Waals surface area contributed by atoms with E-state index < -0.39 is 0 Å². The van der Waals surface area contributed by atoms with E-state index in [0.29, 0.717) is 17.5 Å². The van der Waals surface area contributed by atoms with Gasteiger partial charge >= 0.3 is 0 Å². The van der Waals surface area contributed by atoms with Crippen LogP contribution < -0.4 is 0 Å². The SMILES string of the molecule is c1ccc(-c2cccc(-c3nc(-c4cccc(-c5ccccc5)c4)nc(-c4ccc5c(c4)oc4cc(-c6ccc7oc8ccccc8c7c6)ccc45)n3)c2)cc1. The average Bonchev–Trinajstić information content (AvgIpc) is 3.84. The first kappa shape index (κ1) is 31.9. The molecular formula is C51H31N3O2. The molecule has 0 saturated heterocycles. The minimum Gasteiger partial charge on any atom is -0.456 e. The number of hydrogen-bond donors (Lipinski definition) is 0. The molecule has 0 spiro atoms. The van der Waals surface area contributed by atoms with Gasteiger partial charge in [-0.05, 0) is 88.0 Å². The lowest BCUT2D eigenvalue weighted by Crippen LogP contribution is -2.00. The molecule has 5 nitrogen and oxygen atoms in total. The quantitative estimate of drug-likeness (QED) is 0.171. The molecule has 8 aromatic carbocycles. The fourth-order valence-corrected chi connectivity index (χ4v) is 7.70. The number of para-hydroxylation sites is 1. The monoisotopic (exact) mass is 717 g/mol. The fraction of sp³-hybridized carbons (Fsp3) is 0. The average molecular weight is 718 g/mol. The van der Waals surface area contributed by atoms with Gasteiger partial charge in [-0.3, -0.25) is 0 Å². The van der Waals surface area contributed by atoms with Crippen LogP contribution in [0.25, 0.3) is 111 Å². The van der Waals surface area contributed by atoms with Crippen molar-refractivity contribution in [3.8, 4) is 67.5 Å². The normalized spacial score (nSPS) is 11.6. The van der Waals surface area contributed by atoms with Gasteiger partial charge in [0.2, 0.25) is 0 Å². The molecule has 0 fully saturated rings. The number of benzene rings is 8. The molecule has 0 amide bonds. The first-order valence-electron chi connectivity index (χ1n) is 18.7. The van der Waals surface area contributed by atoms with Crippen LogP contribution in [-0.4, -0.2) is 15.0 Å². The van der Waals surface area contributed by atoms with Gasteiger partial charge in [0.25, 0.3) is 0 Å². The summed E-state index contributed by atoms with van der Waals surface area (Å²) in [6, 6.07) is 64.6. The van der Waals surface area contributed by atoms with E-state index >= 15 is 0 Å². The lowest BCUT2D eigenvalue weighted by Gasteiger charge is -2.10. The topological polar surface area (TPSA) is 65.0 Å². The maximum absolute atomic E-state index is 6.59. The summed E-state index contributed by atoms with van der Waals surface area (Å²) in [4.78, 5) is 15.3. The number of nitrogens with zero attached hydrogens (tertiary/aromatic N) is 3. The molecule has 3 aromatic heterocycles. The molecule has 56 heavy (non-hydrogen) atoms. The first-order valence-corrected chi connectivity index (χ1v) is 18.7. The lowest BCUT2D eigenvalue weighted by atomic mass is 10.0. The zero-order valence-corrected chi connectivity index (χ0v) is 30.1. The predicted molar refractivity (Wildman–Crippen MR) is 227 cm³/mol. The first-order chi connectivity index (χ1) is 27.7. The van der Waals surface area contributed by atoms with Gasteiger partial charge in [0, 0.05) is 38.2 Å². The Balaban J connectivity index is 1.02. The van der Waals surface area contributed by atoms with Crippen LogP contribution in [0.4, 0.5) is 0 Å². The fourth-order valence-electron chi connectivity index (χ4n) is 7.70. The molecule has 0 radical (unpaired) electrons. The number of rotatable bonds is 6. The minimum atomic E-state index is 0.573. The van der Waals surface area contributed by atoms with Gasteiger partial charge in [-0.25, -0.2) is 15.0 Å². The van der Waals surface area contributed by atoms with E-state index in [1.807, 2.05) is 42.5 Å². The Bertz CT molecular complexity index is 3150. The largest absolute Gasteiger partial charge is 0.456 e. The Morgan fingerprint density at radius 3 is 1.25 bits per heavy atom. The molecule has 0 saturated carbocycles. The predicted octanol–water partition coefficient (Wildman–Crippen LogP) is 13.7. The van der Waals surface area contributed by atoms with Gasteiger partial charge in [-0.2, -0.15) is 0 Å². The van der Waals surface area contributed by atoms with Crippen LogP contribution in [0.15, 0.2) is 197 Å². The van der Waals surface area contributed by atoms with Crippen LogP contribution in [0, 0.1) is 0 Å². The zero-order chi connectivity index (χ0) is 37.0. The van der Waals surface area contributed by atoms with Crippen molar-refractivity contribution in [1.29, 1.82) is 0 Å². The van der Waals surface area contributed by atoms with Crippen molar-refractivity contribution >= 4 is 43.9 Å². The second-order valence-electron chi connectivity index (χ2n) is 14.0. The molecule has 0 bridgehead atoms. The summed E-state index contributed by atoms with van der Waals surface area (Å²) < 4.78 is 12.7. The van der Waals surface area contributed by atoms with E-state index in [0.717, 1.165) is 93.9 Å². The van der Waals surface area contributed by atoms with Crippen LogP contribution in [0.5, 0.6) is 0 Å². The summed E-state index contributed by atoms with van der Waals surface area (Å²) in [5.74, 6) is 1.78. The van der Waals surface area contributed by atoms with Crippen molar-refractivity contribution in [2.45, 2.75) is 0 Å². The molecule has 11 aromatic rings. The third kappa shape index (κ3) is 5.62. The van der Waals surface area contributed by atoms with Gasteiger partial charge in [-0.1, -0.05) is 133 Å². The molecular weight excluding hydrogens is 687 g/mol. The van der Waals surface area contributed by atoms with Crippen molar-refractivity contribution in [3.63, 3.8) is 0 Å². The maximum Gasteiger partial charge on any atom is 0.164 e. The Hall–Kier alpha value is -7.63. The van der Waals surface area contributed by atoms with E-state index in [1.165, 1.54) is 0 Å². The Morgan fingerprint density at radius 2 is 0.625 bits per heavy atom. The van der Waals surface area contributed by atoms with Gasteiger partial charge in [0.15, 0.2) is 17.5 Å². The van der Waals surface area contributed by atoms with Crippen molar-refractivity contribution in [2.75, 3.05) is 0 Å². The van der Waals surface area contributed by atoms with E-state index in [4.69, 9.17) is 23.8 Å². The summed E-state index contributed by atoms with van der Waals surface area (Å²) in [5.41, 5.74) is 12.7. The van der Waals surface area contributed by atoms with Gasteiger partial charge in [0.05, 0.1) is 0 Å². The number of furan rings is 2. The maximum atomic E-state index is 6.59. The van der Waals surface area contributed by atoms with Crippen molar-refractivity contribution < 1.29 is 8.83 Å². The molecule has 0 aliphatic carbocycles. The summed E-state index contributed by atoms with van der Waals surface area (Å²) in [6.07, 6.45) is 0. The van der Waals surface area contributed by atoms with Crippen LogP contribution in [-0.2, 0) is 0 Å². The number of aromatic nitrogens is 3. The highest BCUT2D eigenvalue weighted by molar-refractivity contribution is 6.08. The van der Waals surface area contributed by atoms with Crippen molar-refractivity contribution in [2.24, 2.45) is 0 Å². The summed E-state index contributed by atoms with van der Waals surface area (Å²) in [7, 11) is 0. The van der Waals surface area contributed by atoms with Crippen LogP contribution in [0.2, 0.25) is 0 Å². The summed E-state index contributed by atoms with van der Waals surface area (Å²) in [6.45, 7) is 0. The molecule has 0 aliphatic heterocycles. The standard InChI is InChI=1S/C51H31N3O2/c1-3-11-32(12-4-1)34-15-9-17-38(27-34)49-52-50(39-18-10-16-35(28-39)33-13-5-2-6-14-33)54-51(53-49)40-22-25-43-42-24-21-37(30-47(42)56-48(43)31-40)36-23-26-46-44(29-36)41-19-7-8-20-45(41)55-46/h1-31H. The van der Waals surface area contributed by atoms with E-state index in [2.05, 4.69) is 146 Å². The highest BCUT2D eigenvalue weighted by atomic mass is 16.3. The lowest BCUT2D eigenvalue weighted by molar-refractivity contribution is 0.669. The van der Waals surface area contributed by atoms with Crippen LogP contribution in [0.3, 0.4) is 0 Å². The van der Waals surface area contributed by atoms with E-state index in [9.17, 15) is 0 Å². The molecule has 11 rings (SSSR count). The van der Waals surface area contributed by atoms with E-state index in [1.54, 1.807) is 0 Å². The second kappa shape index (κ2) is 13.0. The molecule has 5 heteroatoms. The summed E-state index contributed by atoms with van der Waals surface area (Å²) >= 11 is 0. The second-order valence-corrected chi connectivity index (χ2v) is 14.0. The zero-order valence-electron chi connectivity index (χ0n) is 30.1. The van der Waals surface area contributed by atoms with Crippen molar-refractivity contribution in [1.82, 2.24) is 15.0 Å². The number of hydrogen-bond acceptors (Lipinski definition) is 5. The molecule has 0 aliphatic rings. The summed E-state index contributed by atoms with van der Waals surface area (Å²) in [5, 5.41) is 4.30. The van der Waals surface area contributed by atoms with Crippen molar-refractivity contribution in [3.05, 3.63) is 188 Å². The Morgan fingerprint density at radius 1 is 0.232 bits per heavy atom. The molecule has 0 atom stereocenters. The molecule has 3 heterocycles. The van der Waals surface area contributed by atoms with Gasteiger partial charge in [-0.15, -0.1) is 0 Å². The minimum absolute atomic E-state index is 0.573. The Kier molecular flexibility index (Phi) is 7.42. The van der Waals surface area contributed by atoms with Crippen LogP contribution >= 0.6 is 0 Å². The number of fused-ring (bicyclic) bond motifs is 6. The van der Waals surface area contributed by atoms with E-state index in [-0.39, 0.29) is 0 Å². The van der Waals surface area contributed by atoms with Crippen LogP contribution in [0.1, 0.15) is 0 Å². The molecule has 0 N–H and O–H groups in total. The van der Waals surface area contributed by atoms with Gasteiger partial charge < -0.3 is 8.83 Å².